The summed E-state index contributed by atoms with van der Waals surface area (Å²) >= 11 is 0. The first-order valence-corrected chi connectivity index (χ1v) is 7.00. The van der Waals surface area contributed by atoms with Crippen molar-refractivity contribution in [3.8, 4) is 0 Å². The van der Waals surface area contributed by atoms with Crippen molar-refractivity contribution in [1.29, 1.82) is 0 Å². The van der Waals surface area contributed by atoms with E-state index in [-0.39, 0.29) is 30.0 Å². The molecule has 0 unspecified atom stereocenters. The van der Waals surface area contributed by atoms with E-state index in [4.69, 9.17) is 5.73 Å². The van der Waals surface area contributed by atoms with E-state index in [2.05, 4.69) is 10.6 Å². The van der Waals surface area contributed by atoms with Gasteiger partial charge in [-0.3, -0.25) is 24.5 Å². The molecule has 0 bridgehead atoms. The number of nitrogens with one attached hydrogen (secondary N) is 2. The number of nitro benzene ring substituents is 1. The minimum atomic E-state index is -1.10. The maximum absolute atomic E-state index is 12.0. The second-order valence-corrected chi connectivity index (χ2v) is 5.21. The first-order valence-electron chi connectivity index (χ1n) is 7.00. The minimum Gasteiger partial charge on any atom is -0.368 e. The van der Waals surface area contributed by atoms with Gasteiger partial charge in [0.2, 0.25) is 17.7 Å². The van der Waals surface area contributed by atoms with Crippen molar-refractivity contribution in [3.63, 3.8) is 0 Å². The largest absolute Gasteiger partial charge is 0.368 e. The second kappa shape index (κ2) is 6.86. The van der Waals surface area contributed by atoms with Gasteiger partial charge in [0.15, 0.2) is 0 Å². The van der Waals surface area contributed by atoms with Crippen molar-refractivity contribution in [1.82, 2.24) is 10.6 Å². The van der Waals surface area contributed by atoms with Gasteiger partial charge in [0, 0.05) is 24.5 Å². The summed E-state index contributed by atoms with van der Waals surface area (Å²) in [6, 6.07) is 4.10. The van der Waals surface area contributed by atoms with Gasteiger partial charge in [-0.1, -0.05) is 18.2 Å². The summed E-state index contributed by atoms with van der Waals surface area (Å²) in [5, 5.41) is 15.9. The molecule has 9 nitrogen and oxygen atoms in total. The fraction of sp³-hybridized carbons (Fsp3) is 0.357. The SMILES string of the molecule is NC(=O)[C@H](Cc1ccccc1[N+](=O)[O-])NC(=O)[C@H]1CCC(=O)N1. The molecule has 1 aliphatic rings. The molecular formula is C14H16N4O5. The highest BCUT2D eigenvalue weighted by Gasteiger charge is 2.30. The topological polar surface area (TPSA) is 144 Å². The van der Waals surface area contributed by atoms with E-state index in [9.17, 15) is 24.5 Å². The zero-order chi connectivity index (χ0) is 17.0. The summed E-state index contributed by atoms with van der Waals surface area (Å²) < 4.78 is 0. The molecule has 23 heavy (non-hydrogen) atoms. The van der Waals surface area contributed by atoms with Gasteiger partial charge in [0.05, 0.1) is 4.92 Å². The van der Waals surface area contributed by atoms with Crippen LogP contribution in [0.15, 0.2) is 24.3 Å². The number of para-hydroxylation sites is 1. The van der Waals surface area contributed by atoms with Crippen LogP contribution in [0.25, 0.3) is 0 Å². The van der Waals surface area contributed by atoms with E-state index < -0.39 is 28.8 Å². The zero-order valence-corrected chi connectivity index (χ0v) is 12.2. The van der Waals surface area contributed by atoms with Crippen LogP contribution in [0.4, 0.5) is 5.69 Å². The van der Waals surface area contributed by atoms with Crippen molar-refractivity contribution >= 4 is 23.4 Å². The van der Waals surface area contributed by atoms with E-state index in [0.717, 1.165) is 0 Å². The van der Waals surface area contributed by atoms with Crippen molar-refractivity contribution in [3.05, 3.63) is 39.9 Å². The molecule has 1 fully saturated rings. The molecule has 0 spiro atoms. The number of amides is 3. The molecule has 0 saturated carbocycles. The number of nitrogens with two attached hydrogens (primary N) is 1. The third-order valence-corrected chi connectivity index (χ3v) is 3.58. The van der Waals surface area contributed by atoms with Crippen LogP contribution in [-0.4, -0.2) is 34.7 Å². The molecule has 4 N–H and O–H groups in total. The van der Waals surface area contributed by atoms with Crippen molar-refractivity contribution in [2.24, 2.45) is 5.73 Å². The molecule has 2 atom stereocenters. The Hall–Kier alpha value is -2.97. The number of rotatable bonds is 6. The lowest BCUT2D eigenvalue weighted by Gasteiger charge is -2.18. The molecule has 122 valence electrons. The summed E-state index contributed by atoms with van der Waals surface area (Å²) in [5.74, 6) is -1.57. The number of carbonyl (C=O) groups is 3. The van der Waals surface area contributed by atoms with Crippen LogP contribution >= 0.6 is 0 Å². The summed E-state index contributed by atoms with van der Waals surface area (Å²) in [6.45, 7) is 0. The Morgan fingerprint density at radius 3 is 2.70 bits per heavy atom. The Kier molecular flexibility index (Phi) is 4.89. The quantitative estimate of drug-likeness (QED) is 0.473. The molecule has 1 aliphatic heterocycles. The highest BCUT2D eigenvalue weighted by molar-refractivity contribution is 5.93. The monoisotopic (exact) mass is 320 g/mol. The van der Waals surface area contributed by atoms with E-state index in [0.29, 0.717) is 6.42 Å². The molecule has 9 heteroatoms. The highest BCUT2D eigenvalue weighted by Crippen LogP contribution is 2.19. The Bertz CT molecular complexity index is 660. The van der Waals surface area contributed by atoms with E-state index >= 15 is 0 Å². The van der Waals surface area contributed by atoms with Gasteiger partial charge in [-0.15, -0.1) is 0 Å². The maximum atomic E-state index is 12.0. The highest BCUT2D eigenvalue weighted by atomic mass is 16.6. The van der Waals surface area contributed by atoms with Crippen LogP contribution in [0.5, 0.6) is 0 Å². The van der Waals surface area contributed by atoms with E-state index in [1.54, 1.807) is 6.07 Å². The average molecular weight is 320 g/mol. The van der Waals surface area contributed by atoms with Crippen LogP contribution in [0.1, 0.15) is 18.4 Å². The van der Waals surface area contributed by atoms with E-state index in [1.807, 2.05) is 0 Å². The number of nitro groups is 1. The summed E-state index contributed by atoms with van der Waals surface area (Å²) in [7, 11) is 0. The molecule has 1 aromatic carbocycles. The van der Waals surface area contributed by atoms with Gasteiger partial charge in [-0.2, -0.15) is 0 Å². The number of carbonyl (C=O) groups excluding carboxylic acids is 3. The smallest absolute Gasteiger partial charge is 0.272 e. The van der Waals surface area contributed by atoms with Crippen LogP contribution in [-0.2, 0) is 20.8 Å². The normalized spacial score (nSPS) is 18.1. The third kappa shape index (κ3) is 4.02. The molecule has 1 heterocycles. The second-order valence-electron chi connectivity index (χ2n) is 5.21. The minimum absolute atomic E-state index is 0.0983. The van der Waals surface area contributed by atoms with Crippen LogP contribution in [0.3, 0.4) is 0 Å². The maximum Gasteiger partial charge on any atom is 0.272 e. The lowest BCUT2D eigenvalue weighted by Crippen LogP contribution is -2.51. The molecule has 0 radical (unpaired) electrons. The van der Waals surface area contributed by atoms with Gasteiger partial charge < -0.3 is 16.4 Å². The average Bonchev–Trinajstić information content (AvgIpc) is 2.93. The van der Waals surface area contributed by atoms with Gasteiger partial charge in [-0.25, -0.2) is 0 Å². The lowest BCUT2D eigenvalue weighted by atomic mass is 10.0. The van der Waals surface area contributed by atoms with Gasteiger partial charge in [0.1, 0.15) is 12.1 Å². The van der Waals surface area contributed by atoms with Gasteiger partial charge >= 0.3 is 0 Å². The van der Waals surface area contributed by atoms with Gasteiger partial charge in [-0.05, 0) is 6.42 Å². The van der Waals surface area contributed by atoms with Crippen LogP contribution in [0.2, 0.25) is 0 Å². The Balaban J connectivity index is 2.11. The number of nitrogens with zero attached hydrogens (tertiary/aromatic N) is 1. The van der Waals surface area contributed by atoms with E-state index in [1.165, 1.54) is 18.2 Å². The summed E-state index contributed by atoms with van der Waals surface area (Å²) in [6.07, 6.45) is 0.476. The zero-order valence-electron chi connectivity index (χ0n) is 12.2. The molecule has 0 aromatic heterocycles. The molecule has 1 aromatic rings. The summed E-state index contributed by atoms with van der Waals surface area (Å²) in [5.41, 5.74) is 5.41. The molecule has 0 aliphatic carbocycles. The first kappa shape index (κ1) is 16.4. The standard InChI is InChI=1S/C14H16N4O5/c15-13(20)10(17-14(21)9-5-6-12(19)16-9)7-8-3-1-2-4-11(8)18(22)23/h1-4,9-10H,5-7H2,(H2,15,20)(H,16,19)(H,17,21)/t9-,10+/m1/s1. The number of hydrogen-bond donors (Lipinski definition) is 3. The van der Waals surface area contributed by atoms with Crippen LogP contribution in [0, 0.1) is 10.1 Å². The fourth-order valence-electron chi connectivity index (χ4n) is 2.39. The van der Waals surface area contributed by atoms with Crippen molar-refractivity contribution < 1.29 is 19.3 Å². The Labute approximate surface area is 131 Å². The Morgan fingerprint density at radius 1 is 1.43 bits per heavy atom. The molecule has 2 rings (SSSR count). The fourth-order valence-corrected chi connectivity index (χ4v) is 2.39. The molecule has 1 saturated heterocycles. The van der Waals surface area contributed by atoms with Crippen LogP contribution < -0.4 is 16.4 Å². The predicted octanol–water partition coefficient (Wildman–Crippen LogP) is -0.614. The first-order chi connectivity index (χ1) is 10.9. The van der Waals surface area contributed by atoms with Crippen molar-refractivity contribution in [2.45, 2.75) is 31.3 Å². The molecular weight excluding hydrogens is 304 g/mol. The Morgan fingerprint density at radius 2 is 2.13 bits per heavy atom. The molecule has 3 amide bonds. The third-order valence-electron chi connectivity index (χ3n) is 3.58. The lowest BCUT2D eigenvalue weighted by molar-refractivity contribution is -0.385. The number of primary amides is 1. The van der Waals surface area contributed by atoms with Crippen molar-refractivity contribution in [2.75, 3.05) is 0 Å². The summed E-state index contributed by atoms with van der Waals surface area (Å²) in [4.78, 5) is 45.2. The van der Waals surface area contributed by atoms with Gasteiger partial charge in [0.25, 0.3) is 5.69 Å². The number of hydrogen-bond acceptors (Lipinski definition) is 5. The predicted molar refractivity (Wildman–Crippen MR) is 79.1 cm³/mol. The number of benzene rings is 1.